The maximum Gasteiger partial charge on any atom is 0.174 e. The van der Waals surface area contributed by atoms with Gasteiger partial charge >= 0.3 is 0 Å². The Kier molecular flexibility index (Phi) is 3.15. The molecule has 1 aromatic heterocycles. The van der Waals surface area contributed by atoms with E-state index in [1.54, 1.807) is 12.3 Å². The molecule has 0 spiro atoms. The van der Waals surface area contributed by atoms with Gasteiger partial charge in [0.2, 0.25) is 0 Å². The van der Waals surface area contributed by atoms with E-state index in [0.29, 0.717) is 12.4 Å². The number of phenols is 1. The lowest BCUT2D eigenvalue weighted by Gasteiger charge is -2.04. The molecule has 112 valence electrons. The van der Waals surface area contributed by atoms with E-state index in [0.717, 1.165) is 33.3 Å². The van der Waals surface area contributed by atoms with Gasteiger partial charge in [-0.05, 0) is 36.1 Å². The first-order chi connectivity index (χ1) is 11.2. The number of rotatable bonds is 2. The largest absolute Gasteiger partial charge is 0.507 e. The fraction of sp³-hybridized carbons (Fsp3) is 0.105. The minimum Gasteiger partial charge on any atom is -0.507 e. The van der Waals surface area contributed by atoms with Crippen molar-refractivity contribution in [2.45, 2.75) is 6.92 Å². The standard InChI is InChI=1S/C19H15N3O/c1-12-6-7-15(17(23)10-12)16-11-21-19(22-16)18-14-5-3-2-4-13(14)8-9-20-18/h2-10,23H,11H2,1H3. The van der Waals surface area contributed by atoms with E-state index < -0.39 is 0 Å². The number of aliphatic imine (C=N–C) groups is 2. The fourth-order valence-corrected chi connectivity index (χ4v) is 2.81. The number of benzene rings is 2. The summed E-state index contributed by atoms with van der Waals surface area (Å²) >= 11 is 0. The number of fused-ring (bicyclic) bond motifs is 1. The molecule has 3 aromatic rings. The van der Waals surface area contributed by atoms with E-state index in [2.05, 4.69) is 15.0 Å². The molecule has 0 saturated carbocycles. The van der Waals surface area contributed by atoms with Crippen LogP contribution in [0.4, 0.5) is 0 Å². The lowest BCUT2D eigenvalue weighted by Crippen LogP contribution is -2.03. The molecular formula is C19H15N3O. The second-order valence-electron chi connectivity index (χ2n) is 5.60. The normalized spacial score (nSPS) is 14.0. The second-order valence-corrected chi connectivity index (χ2v) is 5.60. The lowest BCUT2D eigenvalue weighted by atomic mass is 10.1. The SMILES string of the molecule is Cc1ccc(C2=NC(c3nccc4ccccc34)=NC2)c(O)c1. The smallest absolute Gasteiger partial charge is 0.174 e. The third kappa shape index (κ3) is 2.38. The van der Waals surface area contributed by atoms with Crippen molar-refractivity contribution in [1.82, 2.24) is 4.98 Å². The zero-order chi connectivity index (χ0) is 15.8. The number of phenolic OH excluding ortho intramolecular Hbond substituents is 1. The summed E-state index contributed by atoms with van der Waals surface area (Å²) in [6.07, 6.45) is 1.77. The Balaban J connectivity index is 1.78. The third-order valence-electron chi connectivity index (χ3n) is 3.97. The summed E-state index contributed by atoms with van der Waals surface area (Å²) in [5.74, 6) is 0.864. The van der Waals surface area contributed by atoms with Crippen LogP contribution >= 0.6 is 0 Å². The van der Waals surface area contributed by atoms with Crippen LogP contribution < -0.4 is 0 Å². The van der Waals surface area contributed by atoms with Crippen LogP contribution in [0.2, 0.25) is 0 Å². The number of aryl methyl sites for hydroxylation is 1. The molecule has 1 N–H and O–H groups in total. The Morgan fingerprint density at radius 2 is 1.91 bits per heavy atom. The van der Waals surface area contributed by atoms with Gasteiger partial charge in [-0.25, -0.2) is 4.99 Å². The highest BCUT2D eigenvalue weighted by molar-refractivity contribution is 6.20. The van der Waals surface area contributed by atoms with Crippen molar-refractivity contribution >= 4 is 22.3 Å². The topological polar surface area (TPSA) is 57.8 Å². The quantitative estimate of drug-likeness (QED) is 0.787. The van der Waals surface area contributed by atoms with Gasteiger partial charge in [-0.15, -0.1) is 0 Å². The van der Waals surface area contributed by atoms with Gasteiger partial charge in [-0.3, -0.25) is 9.98 Å². The van der Waals surface area contributed by atoms with Crippen molar-refractivity contribution in [1.29, 1.82) is 0 Å². The highest BCUT2D eigenvalue weighted by atomic mass is 16.3. The number of nitrogens with zero attached hydrogens (tertiary/aromatic N) is 3. The molecule has 2 aromatic carbocycles. The van der Waals surface area contributed by atoms with Crippen molar-refractivity contribution < 1.29 is 5.11 Å². The Morgan fingerprint density at radius 3 is 2.78 bits per heavy atom. The highest BCUT2D eigenvalue weighted by Crippen LogP contribution is 2.24. The van der Waals surface area contributed by atoms with E-state index in [1.807, 2.05) is 49.4 Å². The van der Waals surface area contributed by atoms with Gasteiger partial charge in [0.05, 0.1) is 12.3 Å². The Morgan fingerprint density at radius 1 is 1.04 bits per heavy atom. The summed E-state index contributed by atoms with van der Waals surface area (Å²) in [5.41, 5.74) is 3.30. The van der Waals surface area contributed by atoms with Crippen LogP contribution in [0, 0.1) is 6.92 Å². The number of hydrogen-bond acceptors (Lipinski definition) is 4. The maximum atomic E-state index is 10.1. The Hall–Kier alpha value is -3.01. The first kappa shape index (κ1) is 13.6. The lowest BCUT2D eigenvalue weighted by molar-refractivity contribution is 0.473. The van der Waals surface area contributed by atoms with Crippen LogP contribution in [0.15, 0.2) is 64.7 Å². The minimum atomic E-state index is 0.242. The molecule has 4 rings (SSSR count). The van der Waals surface area contributed by atoms with Crippen LogP contribution in [0.5, 0.6) is 5.75 Å². The van der Waals surface area contributed by atoms with Crippen molar-refractivity contribution in [2.24, 2.45) is 9.98 Å². The minimum absolute atomic E-state index is 0.242. The molecular weight excluding hydrogens is 286 g/mol. The summed E-state index contributed by atoms with van der Waals surface area (Å²) < 4.78 is 0. The summed E-state index contributed by atoms with van der Waals surface area (Å²) in [6.45, 7) is 2.40. The van der Waals surface area contributed by atoms with Crippen molar-refractivity contribution in [3.05, 3.63) is 71.5 Å². The Bertz CT molecular complexity index is 968. The maximum absolute atomic E-state index is 10.1. The van der Waals surface area contributed by atoms with Crippen molar-refractivity contribution in [2.75, 3.05) is 6.54 Å². The van der Waals surface area contributed by atoms with Gasteiger partial charge in [-0.2, -0.15) is 0 Å². The monoisotopic (exact) mass is 301 g/mol. The molecule has 4 nitrogen and oxygen atoms in total. The molecule has 2 heterocycles. The number of pyridine rings is 1. The zero-order valence-corrected chi connectivity index (χ0v) is 12.7. The summed E-state index contributed by atoms with van der Waals surface area (Å²) in [6, 6.07) is 15.6. The highest BCUT2D eigenvalue weighted by Gasteiger charge is 2.18. The average Bonchev–Trinajstić information content (AvgIpc) is 3.04. The van der Waals surface area contributed by atoms with Crippen LogP contribution in [0.25, 0.3) is 10.8 Å². The number of aromatic nitrogens is 1. The van der Waals surface area contributed by atoms with E-state index in [-0.39, 0.29) is 5.75 Å². The van der Waals surface area contributed by atoms with Gasteiger partial charge in [0, 0.05) is 17.1 Å². The molecule has 23 heavy (non-hydrogen) atoms. The summed E-state index contributed by atoms with van der Waals surface area (Å²) in [7, 11) is 0. The number of hydrogen-bond donors (Lipinski definition) is 1. The van der Waals surface area contributed by atoms with Crippen LogP contribution in [0.1, 0.15) is 16.8 Å². The van der Waals surface area contributed by atoms with Crippen LogP contribution in [-0.2, 0) is 0 Å². The zero-order valence-electron chi connectivity index (χ0n) is 12.7. The van der Waals surface area contributed by atoms with Gasteiger partial charge in [0.25, 0.3) is 0 Å². The number of amidine groups is 1. The van der Waals surface area contributed by atoms with E-state index in [9.17, 15) is 5.11 Å². The molecule has 4 heteroatoms. The van der Waals surface area contributed by atoms with Gasteiger partial charge in [-0.1, -0.05) is 30.3 Å². The molecule has 0 unspecified atom stereocenters. The van der Waals surface area contributed by atoms with E-state index >= 15 is 0 Å². The molecule has 0 saturated heterocycles. The summed E-state index contributed by atoms with van der Waals surface area (Å²) in [5, 5.41) is 12.3. The van der Waals surface area contributed by atoms with E-state index in [4.69, 9.17) is 0 Å². The molecule has 0 aliphatic carbocycles. The average molecular weight is 301 g/mol. The van der Waals surface area contributed by atoms with Gasteiger partial charge in [0.15, 0.2) is 5.84 Å². The Labute approximate surface area is 133 Å². The van der Waals surface area contributed by atoms with Gasteiger partial charge < -0.3 is 5.11 Å². The molecule has 0 fully saturated rings. The number of aromatic hydroxyl groups is 1. The van der Waals surface area contributed by atoms with Crippen LogP contribution in [0.3, 0.4) is 0 Å². The van der Waals surface area contributed by atoms with Crippen LogP contribution in [-0.4, -0.2) is 28.2 Å². The molecule has 0 atom stereocenters. The molecule has 0 amide bonds. The molecule has 1 aliphatic heterocycles. The first-order valence-corrected chi connectivity index (χ1v) is 7.48. The second kappa shape index (κ2) is 5.32. The van der Waals surface area contributed by atoms with Crippen molar-refractivity contribution in [3.8, 4) is 5.75 Å². The first-order valence-electron chi connectivity index (χ1n) is 7.48. The van der Waals surface area contributed by atoms with E-state index in [1.165, 1.54) is 0 Å². The molecule has 1 aliphatic rings. The summed E-state index contributed by atoms with van der Waals surface area (Å²) in [4.78, 5) is 13.6. The predicted molar refractivity (Wildman–Crippen MR) is 92.5 cm³/mol. The van der Waals surface area contributed by atoms with Crippen molar-refractivity contribution in [3.63, 3.8) is 0 Å². The van der Waals surface area contributed by atoms with Gasteiger partial charge in [0.1, 0.15) is 11.4 Å². The third-order valence-corrected chi connectivity index (χ3v) is 3.97. The molecule has 0 radical (unpaired) electrons. The fourth-order valence-electron chi connectivity index (χ4n) is 2.81. The predicted octanol–water partition coefficient (Wildman–Crippen LogP) is 3.50. The molecule has 0 bridgehead atoms.